The molecule has 0 saturated heterocycles. The zero-order chi connectivity index (χ0) is 21.5. The lowest BCUT2D eigenvalue weighted by Gasteiger charge is -2.22. The predicted molar refractivity (Wildman–Crippen MR) is 110 cm³/mol. The van der Waals surface area contributed by atoms with Gasteiger partial charge in [0.1, 0.15) is 12.1 Å². The van der Waals surface area contributed by atoms with Crippen molar-refractivity contribution < 1.29 is 19.5 Å². The fourth-order valence-corrected chi connectivity index (χ4v) is 2.52. The van der Waals surface area contributed by atoms with Gasteiger partial charge in [-0.15, -0.1) is 0 Å². The van der Waals surface area contributed by atoms with Gasteiger partial charge in [0, 0.05) is 12.3 Å². The van der Waals surface area contributed by atoms with Crippen molar-refractivity contribution in [2.24, 2.45) is 17.2 Å². The molecule has 0 aromatic rings. The van der Waals surface area contributed by atoms with E-state index in [1.165, 1.54) is 0 Å². The van der Waals surface area contributed by atoms with Crippen LogP contribution in [0.5, 0.6) is 0 Å². The van der Waals surface area contributed by atoms with Gasteiger partial charge in [0.2, 0.25) is 11.8 Å². The van der Waals surface area contributed by atoms with Crippen LogP contribution in [0.3, 0.4) is 0 Å². The van der Waals surface area contributed by atoms with Crippen LogP contribution < -0.4 is 33.2 Å². The number of unbranched alkanes of at least 4 members (excludes halogenated alkanes) is 2. The Morgan fingerprint density at radius 1 is 1.00 bits per heavy atom. The van der Waals surface area contributed by atoms with Gasteiger partial charge < -0.3 is 38.3 Å². The number of thiol groups is 1. The highest BCUT2D eigenvalue weighted by molar-refractivity contribution is 7.80. The van der Waals surface area contributed by atoms with Gasteiger partial charge in [0.25, 0.3) is 0 Å². The van der Waals surface area contributed by atoms with Crippen molar-refractivity contribution >= 4 is 36.4 Å². The van der Waals surface area contributed by atoms with Crippen molar-refractivity contribution in [3.05, 3.63) is 0 Å². The van der Waals surface area contributed by atoms with Crippen LogP contribution in [0.1, 0.15) is 38.5 Å². The van der Waals surface area contributed by atoms with E-state index in [-0.39, 0.29) is 24.6 Å². The van der Waals surface area contributed by atoms with Crippen LogP contribution >= 0.6 is 12.6 Å². The second-order valence-corrected chi connectivity index (χ2v) is 6.74. The maximum absolute atomic E-state index is 12.6. The first kappa shape index (κ1) is 26.0. The lowest BCUT2D eigenvalue weighted by atomic mass is 10.1. The van der Waals surface area contributed by atoms with Gasteiger partial charge in [-0.05, 0) is 45.1 Å². The van der Waals surface area contributed by atoms with E-state index in [0.29, 0.717) is 38.8 Å². The molecule has 0 fully saturated rings. The van der Waals surface area contributed by atoms with Crippen LogP contribution in [0.2, 0.25) is 0 Å². The summed E-state index contributed by atoms with van der Waals surface area (Å²) in [4.78, 5) is 36.0. The highest BCUT2D eigenvalue weighted by atomic mass is 32.1. The Kier molecular flexibility index (Phi) is 13.8. The Balaban J connectivity index is 4.87. The normalized spacial score (nSPS) is 13.8. The largest absolute Gasteiger partial charge is 0.480 e. The zero-order valence-corrected chi connectivity index (χ0v) is 16.8. The number of hydrogen-bond acceptors (Lipinski definition) is 7. The summed E-state index contributed by atoms with van der Waals surface area (Å²) in [6, 6.07) is -2.86. The summed E-state index contributed by atoms with van der Waals surface area (Å²) in [6.07, 6.45) is 2.89. The topological polar surface area (TPSA) is 209 Å². The van der Waals surface area contributed by atoms with Crippen molar-refractivity contribution in [2.75, 3.05) is 18.8 Å². The summed E-state index contributed by atoms with van der Waals surface area (Å²) < 4.78 is 0. The van der Waals surface area contributed by atoms with Crippen LogP contribution in [0.25, 0.3) is 0 Å². The molecule has 0 aromatic heterocycles. The summed E-state index contributed by atoms with van der Waals surface area (Å²) in [5, 5.41) is 24.1. The number of aliphatic carboxylic acids is 1. The third-order valence-corrected chi connectivity index (χ3v) is 4.36. The van der Waals surface area contributed by atoms with Gasteiger partial charge in [-0.2, -0.15) is 12.6 Å². The average molecular weight is 420 g/mol. The van der Waals surface area contributed by atoms with E-state index in [2.05, 4.69) is 28.6 Å². The van der Waals surface area contributed by atoms with E-state index in [9.17, 15) is 19.5 Å². The Bertz CT molecular complexity index is 521. The first-order valence-corrected chi connectivity index (χ1v) is 9.84. The molecule has 28 heavy (non-hydrogen) atoms. The lowest BCUT2D eigenvalue weighted by Crippen LogP contribution is -2.54. The quantitative estimate of drug-likeness (QED) is 0.0630. The van der Waals surface area contributed by atoms with E-state index < -0.39 is 35.9 Å². The first-order chi connectivity index (χ1) is 13.2. The molecule has 0 spiro atoms. The number of carbonyl (C=O) groups is 3. The molecular weight excluding hydrogens is 386 g/mol. The van der Waals surface area contributed by atoms with Crippen molar-refractivity contribution in [1.29, 1.82) is 5.41 Å². The maximum Gasteiger partial charge on any atom is 0.326 e. The second kappa shape index (κ2) is 14.9. The van der Waals surface area contributed by atoms with Crippen LogP contribution in [-0.4, -0.2) is 65.8 Å². The van der Waals surface area contributed by atoms with Gasteiger partial charge in [-0.3, -0.25) is 15.0 Å². The third-order valence-electron chi connectivity index (χ3n) is 3.96. The number of hydrogen-bond donors (Lipinski definition) is 9. The number of carbonyl (C=O) groups excluding carboxylic acids is 2. The van der Waals surface area contributed by atoms with Crippen LogP contribution in [0, 0.1) is 5.41 Å². The molecule has 3 atom stereocenters. The van der Waals surface area contributed by atoms with Crippen molar-refractivity contribution in [2.45, 2.75) is 56.7 Å². The molecular formula is C16H33N7O4S. The number of nitrogens with one attached hydrogen (secondary N) is 4. The van der Waals surface area contributed by atoms with E-state index in [4.69, 9.17) is 22.6 Å². The van der Waals surface area contributed by atoms with E-state index in [1.807, 2.05) is 0 Å². The minimum Gasteiger partial charge on any atom is -0.480 e. The van der Waals surface area contributed by atoms with Gasteiger partial charge in [-0.25, -0.2) is 4.79 Å². The Morgan fingerprint density at radius 3 is 2.11 bits per heavy atom. The van der Waals surface area contributed by atoms with E-state index >= 15 is 0 Å². The van der Waals surface area contributed by atoms with Crippen LogP contribution in [-0.2, 0) is 14.4 Å². The number of nitrogens with two attached hydrogens (primary N) is 3. The first-order valence-electron chi connectivity index (χ1n) is 9.20. The molecule has 0 heterocycles. The minimum atomic E-state index is -1.15. The molecule has 0 rings (SSSR count). The van der Waals surface area contributed by atoms with Gasteiger partial charge in [-0.1, -0.05) is 0 Å². The molecule has 0 bridgehead atoms. The molecule has 162 valence electrons. The van der Waals surface area contributed by atoms with E-state index in [1.54, 1.807) is 0 Å². The van der Waals surface area contributed by atoms with Gasteiger partial charge >= 0.3 is 5.97 Å². The Hall–Kier alpha value is -2.05. The molecule has 0 aliphatic heterocycles. The average Bonchev–Trinajstić information content (AvgIpc) is 2.64. The number of amides is 2. The SMILES string of the molecule is N=C(N)NCCCC[C@H](NC(=O)[C@@H](N)CS)C(=O)N[C@@H](CCCCN)C(=O)O. The zero-order valence-electron chi connectivity index (χ0n) is 15.9. The van der Waals surface area contributed by atoms with Crippen LogP contribution in [0.15, 0.2) is 0 Å². The van der Waals surface area contributed by atoms with Crippen LogP contribution in [0.4, 0.5) is 0 Å². The summed E-state index contributed by atoms with van der Waals surface area (Å²) >= 11 is 3.96. The van der Waals surface area contributed by atoms with Crippen molar-refractivity contribution in [1.82, 2.24) is 16.0 Å². The highest BCUT2D eigenvalue weighted by Crippen LogP contribution is 2.06. The Labute approximate surface area is 170 Å². The molecule has 11 nitrogen and oxygen atoms in total. The van der Waals surface area contributed by atoms with Gasteiger partial charge in [0.15, 0.2) is 5.96 Å². The number of rotatable bonds is 15. The number of guanidine groups is 1. The number of carboxylic acid groups (broad SMARTS) is 1. The highest BCUT2D eigenvalue weighted by Gasteiger charge is 2.27. The molecule has 0 unspecified atom stereocenters. The lowest BCUT2D eigenvalue weighted by molar-refractivity contribution is -0.142. The Morgan fingerprint density at radius 2 is 1.57 bits per heavy atom. The summed E-state index contributed by atoms with van der Waals surface area (Å²) in [7, 11) is 0. The maximum atomic E-state index is 12.6. The molecule has 0 aliphatic rings. The second-order valence-electron chi connectivity index (χ2n) is 6.37. The smallest absolute Gasteiger partial charge is 0.326 e. The molecule has 12 heteroatoms. The molecule has 0 radical (unpaired) electrons. The fraction of sp³-hybridized carbons (Fsp3) is 0.750. The third kappa shape index (κ3) is 11.6. The molecule has 2 amide bonds. The molecule has 11 N–H and O–H groups in total. The molecule has 0 aromatic carbocycles. The minimum absolute atomic E-state index is 0.111. The monoisotopic (exact) mass is 419 g/mol. The fourth-order valence-electron chi connectivity index (χ4n) is 2.35. The summed E-state index contributed by atoms with van der Waals surface area (Å²) in [6.45, 7) is 0.888. The van der Waals surface area contributed by atoms with Gasteiger partial charge in [0.05, 0.1) is 6.04 Å². The standard InChI is InChI=1S/C16H33N7O4S/c17-7-3-1-6-12(15(26)27)23-14(25)11(22-13(24)10(18)9-28)5-2-4-8-21-16(19)20/h10-12,28H,1-9,17-18H2,(H,22,24)(H,23,25)(H,26,27)(H4,19,20,21)/t10-,11-,12-/m0/s1. The van der Waals surface area contributed by atoms with Crippen molar-refractivity contribution in [3.8, 4) is 0 Å². The van der Waals surface area contributed by atoms with E-state index in [0.717, 1.165) is 0 Å². The number of carboxylic acids is 1. The molecule has 0 saturated carbocycles. The van der Waals surface area contributed by atoms with Crippen molar-refractivity contribution in [3.63, 3.8) is 0 Å². The molecule has 0 aliphatic carbocycles. The summed E-state index contributed by atoms with van der Waals surface area (Å²) in [5.41, 5.74) is 16.2. The predicted octanol–water partition coefficient (Wildman–Crippen LogP) is -1.92. The summed E-state index contributed by atoms with van der Waals surface area (Å²) in [5.74, 6) is -2.30.